The largest absolute Gasteiger partial charge is 0.481 e. The second-order valence-corrected chi connectivity index (χ2v) is 2.88. The van der Waals surface area contributed by atoms with Crippen molar-refractivity contribution in [2.24, 2.45) is 0 Å². The van der Waals surface area contributed by atoms with Crippen LogP contribution in [0.1, 0.15) is 27.7 Å². The molecule has 112 valence electrons. The highest BCUT2D eigenvalue weighted by molar-refractivity contribution is 5.65. The van der Waals surface area contributed by atoms with Crippen LogP contribution in [-0.4, -0.2) is 60.8 Å². The molecule has 0 aliphatic heterocycles. The number of aliphatic hydroxyl groups is 2. The second-order valence-electron chi connectivity index (χ2n) is 2.88. The maximum atomic E-state index is 9.82. The molecule has 0 rings (SSSR count). The van der Waals surface area contributed by atoms with Crippen LogP contribution in [0.4, 0.5) is 0 Å². The number of methoxy groups -OCH3 is 1. The van der Waals surface area contributed by atoms with Crippen molar-refractivity contribution in [3.63, 3.8) is 0 Å². The van der Waals surface area contributed by atoms with Gasteiger partial charge in [-0.25, -0.2) is 0 Å². The highest BCUT2D eigenvalue weighted by Gasteiger charge is 1.83. The molecule has 0 aliphatic carbocycles. The van der Waals surface area contributed by atoms with Crippen molar-refractivity contribution in [2.75, 3.05) is 27.4 Å². The predicted octanol–water partition coefficient (Wildman–Crippen LogP) is 0.282. The highest BCUT2D eigenvalue weighted by atomic mass is 16.5. The van der Waals surface area contributed by atoms with E-state index in [1.807, 2.05) is 0 Å². The summed E-state index contributed by atoms with van der Waals surface area (Å²) in [6.07, 6.45) is -0.560. The van der Waals surface area contributed by atoms with E-state index in [1.165, 1.54) is 13.8 Å². The van der Waals surface area contributed by atoms with Crippen LogP contribution in [0, 0.1) is 0 Å². The van der Waals surface area contributed by atoms with E-state index in [4.69, 9.17) is 20.1 Å². The number of aliphatic carboxylic acids is 1. The molecule has 3 N–H and O–H groups in total. The summed E-state index contributed by atoms with van der Waals surface area (Å²) in [4.78, 5) is 18.8. The minimum Gasteiger partial charge on any atom is -0.481 e. The third kappa shape index (κ3) is 194. The monoisotopic (exact) mass is 270 g/mol. The van der Waals surface area contributed by atoms with Gasteiger partial charge in [-0.2, -0.15) is 0 Å². The fourth-order valence-corrected chi connectivity index (χ4v) is 0.203. The zero-order chi connectivity index (χ0) is 15.6. The predicted molar refractivity (Wildman–Crippen MR) is 67.3 cm³/mol. The lowest BCUT2D eigenvalue weighted by molar-refractivity contribution is -0.140. The van der Waals surface area contributed by atoms with Gasteiger partial charge < -0.3 is 24.8 Å². The Kier molecular flexibility index (Phi) is 35.4. The number of carbonyl (C=O) groups is 2. The van der Waals surface area contributed by atoms with Gasteiger partial charge in [-0.15, -0.1) is 0 Å². The lowest BCUT2D eigenvalue weighted by atomic mass is 10.5. The Morgan fingerprint density at radius 3 is 1.44 bits per heavy atom. The van der Waals surface area contributed by atoms with Crippen molar-refractivity contribution in [1.29, 1.82) is 0 Å². The zero-order valence-corrected chi connectivity index (χ0v) is 12.0. The molecular formula is C11H26O7. The molecule has 7 nitrogen and oxygen atoms in total. The van der Waals surface area contributed by atoms with Crippen LogP contribution >= 0.6 is 0 Å². The first-order valence-corrected chi connectivity index (χ1v) is 5.21. The Morgan fingerprint density at radius 1 is 1.22 bits per heavy atom. The molecule has 0 saturated carbocycles. The topological polar surface area (TPSA) is 113 Å². The summed E-state index contributed by atoms with van der Waals surface area (Å²) in [6, 6.07) is 0. The first-order valence-electron chi connectivity index (χ1n) is 5.21. The Bertz CT molecular complexity index is 165. The van der Waals surface area contributed by atoms with E-state index in [0.29, 0.717) is 6.61 Å². The van der Waals surface area contributed by atoms with E-state index in [2.05, 4.69) is 9.47 Å². The van der Waals surface area contributed by atoms with E-state index in [-0.39, 0.29) is 12.6 Å². The average Bonchev–Trinajstić information content (AvgIpc) is 2.18. The van der Waals surface area contributed by atoms with Gasteiger partial charge in [0.25, 0.3) is 5.97 Å². The number of hydrogen-bond donors (Lipinski definition) is 3. The van der Waals surface area contributed by atoms with Crippen LogP contribution in [0.3, 0.4) is 0 Å². The van der Waals surface area contributed by atoms with E-state index in [0.717, 1.165) is 6.92 Å². The van der Waals surface area contributed by atoms with Gasteiger partial charge >= 0.3 is 5.97 Å². The molecule has 0 heterocycles. The third-order valence-electron chi connectivity index (χ3n) is 0.612. The van der Waals surface area contributed by atoms with Crippen LogP contribution in [0.2, 0.25) is 0 Å². The average molecular weight is 270 g/mol. The van der Waals surface area contributed by atoms with Crippen LogP contribution in [-0.2, 0) is 19.1 Å². The quantitative estimate of drug-likeness (QED) is 0.618. The van der Waals surface area contributed by atoms with Gasteiger partial charge in [0.15, 0.2) is 0 Å². The first kappa shape index (κ1) is 25.6. The van der Waals surface area contributed by atoms with Crippen LogP contribution in [0.5, 0.6) is 0 Å². The maximum absolute atomic E-state index is 9.82. The molecule has 7 heteroatoms. The lowest BCUT2D eigenvalue weighted by Gasteiger charge is -1.90. The molecule has 0 aromatic rings. The molecule has 0 aromatic heterocycles. The number of ether oxygens (including phenoxy) is 2. The minimum atomic E-state index is -0.833. The first-order chi connectivity index (χ1) is 8.19. The van der Waals surface area contributed by atoms with Crippen molar-refractivity contribution in [1.82, 2.24) is 0 Å². The van der Waals surface area contributed by atoms with Gasteiger partial charge in [0.1, 0.15) is 0 Å². The van der Waals surface area contributed by atoms with Crippen molar-refractivity contribution in [3.05, 3.63) is 0 Å². The van der Waals surface area contributed by atoms with Crippen molar-refractivity contribution in [3.8, 4) is 0 Å². The van der Waals surface area contributed by atoms with Gasteiger partial charge in [-0.3, -0.25) is 9.59 Å². The molecule has 18 heavy (non-hydrogen) atoms. The number of aliphatic hydroxyl groups excluding tert-OH is 2. The fourth-order valence-electron chi connectivity index (χ4n) is 0.203. The van der Waals surface area contributed by atoms with E-state index in [1.54, 1.807) is 21.1 Å². The van der Waals surface area contributed by atoms with Gasteiger partial charge in [0.2, 0.25) is 0 Å². The van der Waals surface area contributed by atoms with E-state index >= 15 is 0 Å². The molecule has 0 radical (unpaired) electrons. The molecule has 0 amide bonds. The summed E-state index contributed by atoms with van der Waals surface area (Å²) in [6.45, 7) is 6.13. The Labute approximate surface area is 108 Å². The van der Waals surface area contributed by atoms with Crippen LogP contribution in [0.25, 0.3) is 0 Å². The molecular weight excluding hydrogens is 244 g/mol. The van der Waals surface area contributed by atoms with Crippen LogP contribution in [0.15, 0.2) is 0 Å². The summed E-state index contributed by atoms with van der Waals surface area (Å²) in [7, 11) is 3.25. The van der Waals surface area contributed by atoms with Gasteiger partial charge in [0.05, 0.1) is 19.3 Å². The molecule has 1 atom stereocenters. The molecule has 1 unspecified atom stereocenters. The molecule has 0 bridgehead atoms. The Balaban J connectivity index is -0.0000000750. The highest BCUT2D eigenvalue weighted by Crippen LogP contribution is 1.69. The second kappa shape index (κ2) is 24.9. The smallest absolute Gasteiger partial charge is 0.302 e. The number of esters is 1. The zero-order valence-electron chi connectivity index (χ0n) is 12.0. The molecule has 0 fully saturated rings. The molecule has 0 aromatic carbocycles. The minimum absolute atomic E-state index is 0.139. The number of rotatable bonds is 2. The van der Waals surface area contributed by atoms with Crippen LogP contribution < -0.4 is 0 Å². The Hall–Kier alpha value is -1.18. The lowest BCUT2D eigenvalue weighted by Crippen LogP contribution is -2.03. The fraction of sp³-hybridized carbons (Fsp3) is 0.818. The SMILES string of the molecule is CC(=O)O.CC(O)CO.CCOC(C)=O.COC. The molecule has 0 saturated heterocycles. The van der Waals surface area contributed by atoms with Gasteiger partial charge in [-0.1, -0.05) is 0 Å². The summed E-state index contributed by atoms with van der Waals surface area (Å²) in [5.74, 6) is -1.04. The number of carboxylic acids is 1. The molecule has 0 spiro atoms. The standard InChI is InChI=1S/C4H8O2.C3H8O2.C2H4O2.C2H6O/c1-3-6-4(2)5;1-3(5)2-4;1-2(3)4;1-3-2/h3H2,1-2H3;3-5H,2H2,1H3;1H3,(H,3,4);1-2H3. The molecule has 0 aliphatic rings. The van der Waals surface area contributed by atoms with Gasteiger partial charge in [0, 0.05) is 28.1 Å². The number of hydrogen-bond acceptors (Lipinski definition) is 6. The summed E-state index contributed by atoms with van der Waals surface area (Å²) in [5.41, 5.74) is 0. The third-order valence-corrected chi connectivity index (χ3v) is 0.612. The van der Waals surface area contributed by atoms with E-state index < -0.39 is 12.1 Å². The van der Waals surface area contributed by atoms with Crippen molar-refractivity contribution < 1.29 is 34.4 Å². The Morgan fingerprint density at radius 2 is 1.44 bits per heavy atom. The van der Waals surface area contributed by atoms with Gasteiger partial charge in [-0.05, 0) is 13.8 Å². The normalized spacial score (nSPS) is 9.11. The number of carbonyl (C=O) groups excluding carboxylic acids is 1. The summed E-state index contributed by atoms with van der Waals surface area (Å²) < 4.78 is 8.65. The summed E-state index contributed by atoms with van der Waals surface area (Å²) >= 11 is 0. The van der Waals surface area contributed by atoms with E-state index in [9.17, 15) is 4.79 Å². The maximum Gasteiger partial charge on any atom is 0.302 e. The number of carboxylic acid groups (broad SMARTS) is 1. The van der Waals surface area contributed by atoms with Crippen molar-refractivity contribution >= 4 is 11.9 Å². The van der Waals surface area contributed by atoms with Crippen molar-refractivity contribution in [2.45, 2.75) is 33.8 Å². The summed E-state index contributed by atoms with van der Waals surface area (Å²) in [5, 5.41) is 23.4.